The molecule has 11 heteroatoms. The molecule has 2 N–H and O–H groups in total. The number of nitrogens with one attached hydrogen (secondary N) is 2. The van der Waals surface area contributed by atoms with E-state index >= 15 is 0 Å². The van der Waals surface area contributed by atoms with Crippen molar-refractivity contribution >= 4 is 33.0 Å². The van der Waals surface area contributed by atoms with Gasteiger partial charge in [-0.15, -0.1) is 0 Å². The number of carbonyl (C=O) groups excluding carboxylic acids is 1. The Morgan fingerprint density at radius 1 is 1.12 bits per heavy atom. The predicted octanol–water partition coefficient (Wildman–Crippen LogP) is 3.22. The molecule has 10 nitrogen and oxygen atoms in total. The van der Waals surface area contributed by atoms with Crippen molar-refractivity contribution in [2.75, 3.05) is 30.8 Å². The van der Waals surface area contributed by atoms with Gasteiger partial charge in [-0.2, -0.15) is 4.31 Å². The number of sulfonamides is 1. The second-order valence-corrected chi connectivity index (χ2v) is 9.40. The largest absolute Gasteiger partial charge is 0.495 e. The van der Waals surface area contributed by atoms with Crippen molar-refractivity contribution in [3.8, 4) is 5.75 Å². The van der Waals surface area contributed by atoms with Crippen LogP contribution in [0.3, 0.4) is 0 Å². The number of nitro benzene ring substituents is 1. The van der Waals surface area contributed by atoms with Gasteiger partial charge in [-0.1, -0.05) is 12.5 Å². The molecule has 1 heterocycles. The normalized spacial score (nSPS) is 15.6. The zero-order chi connectivity index (χ0) is 23.3. The van der Waals surface area contributed by atoms with Gasteiger partial charge in [0.1, 0.15) is 16.7 Å². The third-order valence-corrected chi connectivity index (χ3v) is 7.12. The van der Waals surface area contributed by atoms with Crippen molar-refractivity contribution in [2.45, 2.75) is 37.1 Å². The standard InChI is InChI=1S/C21H26N4O6S/c1-15(21(26)23-16-7-6-8-18(13-16)25(27)28)22-17-9-10-19(31-2)20(14-17)32(29,30)24-11-4-3-5-12-24/h6-10,13-15,22H,3-5,11-12H2,1-2H3,(H,23,26). The summed E-state index contributed by atoms with van der Waals surface area (Å²) in [5, 5.41) is 16.5. The van der Waals surface area contributed by atoms with Crippen molar-refractivity contribution in [1.82, 2.24) is 4.31 Å². The van der Waals surface area contributed by atoms with Gasteiger partial charge in [0.25, 0.3) is 5.69 Å². The Kier molecular flexibility index (Phi) is 7.31. The smallest absolute Gasteiger partial charge is 0.271 e. The minimum Gasteiger partial charge on any atom is -0.495 e. The first-order valence-electron chi connectivity index (χ1n) is 10.2. The Balaban J connectivity index is 1.77. The molecule has 172 valence electrons. The van der Waals surface area contributed by atoms with E-state index in [0.29, 0.717) is 24.5 Å². The van der Waals surface area contributed by atoms with Crippen LogP contribution in [0.2, 0.25) is 0 Å². The second-order valence-electron chi connectivity index (χ2n) is 7.49. The van der Waals surface area contributed by atoms with Gasteiger partial charge in [0.2, 0.25) is 15.9 Å². The third-order valence-electron chi connectivity index (χ3n) is 5.20. The van der Waals surface area contributed by atoms with Crippen LogP contribution in [0.25, 0.3) is 0 Å². The summed E-state index contributed by atoms with van der Waals surface area (Å²) in [4.78, 5) is 23.0. The van der Waals surface area contributed by atoms with Crippen LogP contribution >= 0.6 is 0 Å². The number of anilines is 2. The Bertz CT molecular complexity index is 1100. The van der Waals surface area contributed by atoms with Gasteiger partial charge in [-0.3, -0.25) is 14.9 Å². The van der Waals surface area contributed by atoms with Gasteiger partial charge < -0.3 is 15.4 Å². The lowest BCUT2D eigenvalue weighted by atomic mass is 10.2. The summed E-state index contributed by atoms with van der Waals surface area (Å²) in [5.74, 6) is -0.198. The van der Waals surface area contributed by atoms with Crippen LogP contribution in [-0.2, 0) is 14.8 Å². The summed E-state index contributed by atoms with van der Waals surface area (Å²) >= 11 is 0. The number of hydrogen-bond acceptors (Lipinski definition) is 7. The monoisotopic (exact) mass is 462 g/mol. The summed E-state index contributed by atoms with van der Waals surface area (Å²) in [5.41, 5.74) is 0.593. The molecular weight excluding hydrogens is 436 g/mol. The maximum atomic E-state index is 13.2. The van der Waals surface area contributed by atoms with Crippen LogP contribution in [0.15, 0.2) is 47.4 Å². The molecule has 0 saturated carbocycles. The van der Waals surface area contributed by atoms with Crippen molar-refractivity contribution in [1.29, 1.82) is 0 Å². The fourth-order valence-corrected chi connectivity index (χ4v) is 5.17. The van der Waals surface area contributed by atoms with Crippen LogP contribution in [-0.4, -0.2) is 49.8 Å². The SMILES string of the molecule is COc1ccc(NC(C)C(=O)Nc2cccc([N+](=O)[O-])c2)cc1S(=O)(=O)N1CCCCC1. The Morgan fingerprint density at radius 2 is 1.84 bits per heavy atom. The molecule has 0 spiro atoms. The first-order chi connectivity index (χ1) is 15.2. The fourth-order valence-electron chi connectivity index (χ4n) is 3.48. The van der Waals surface area contributed by atoms with E-state index in [0.717, 1.165) is 19.3 Å². The molecular formula is C21H26N4O6S. The summed E-state index contributed by atoms with van der Waals surface area (Å²) in [7, 11) is -2.33. The zero-order valence-corrected chi connectivity index (χ0v) is 18.7. The maximum absolute atomic E-state index is 13.2. The molecule has 3 rings (SSSR count). The molecule has 1 amide bonds. The minimum absolute atomic E-state index is 0.0400. The topological polar surface area (TPSA) is 131 Å². The molecule has 0 radical (unpaired) electrons. The Morgan fingerprint density at radius 3 is 2.50 bits per heavy atom. The highest BCUT2D eigenvalue weighted by Crippen LogP contribution is 2.31. The Hall–Kier alpha value is -3.18. The average Bonchev–Trinajstić information content (AvgIpc) is 2.79. The molecule has 1 aliphatic heterocycles. The molecule has 1 aliphatic rings. The van der Waals surface area contributed by atoms with Crippen LogP contribution in [0, 0.1) is 10.1 Å². The number of rotatable bonds is 8. The van der Waals surface area contributed by atoms with Crippen LogP contribution in [0.5, 0.6) is 5.75 Å². The summed E-state index contributed by atoms with van der Waals surface area (Å²) < 4.78 is 33.0. The highest BCUT2D eigenvalue weighted by atomic mass is 32.2. The van der Waals surface area contributed by atoms with Gasteiger partial charge in [-0.25, -0.2) is 8.42 Å². The molecule has 0 aromatic heterocycles. The van der Waals surface area contributed by atoms with E-state index in [-0.39, 0.29) is 16.3 Å². The molecule has 0 bridgehead atoms. The van der Waals surface area contributed by atoms with E-state index in [1.54, 1.807) is 25.1 Å². The lowest BCUT2D eigenvalue weighted by molar-refractivity contribution is -0.384. The molecule has 1 unspecified atom stereocenters. The van der Waals surface area contributed by atoms with Crippen LogP contribution < -0.4 is 15.4 Å². The minimum atomic E-state index is -3.74. The molecule has 32 heavy (non-hydrogen) atoms. The number of non-ortho nitro benzene ring substituents is 1. The molecule has 2 aromatic carbocycles. The second kappa shape index (κ2) is 9.96. The predicted molar refractivity (Wildman–Crippen MR) is 120 cm³/mol. The van der Waals surface area contributed by atoms with Gasteiger partial charge in [-0.05, 0) is 44.0 Å². The number of methoxy groups -OCH3 is 1. The first kappa shape index (κ1) is 23.5. The van der Waals surface area contributed by atoms with Crippen molar-refractivity contribution in [3.63, 3.8) is 0 Å². The fraction of sp³-hybridized carbons (Fsp3) is 0.381. The summed E-state index contributed by atoms with van der Waals surface area (Å²) in [6, 6.07) is 9.52. The van der Waals surface area contributed by atoms with Gasteiger partial charge in [0.15, 0.2) is 0 Å². The number of carbonyl (C=O) groups is 1. The molecule has 1 saturated heterocycles. The highest BCUT2D eigenvalue weighted by molar-refractivity contribution is 7.89. The van der Waals surface area contributed by atoms with Crippen molar-refractivity contribution in [2.24, 2.45) is 0 Å². The first-order valence-corrected chi connectivity index (χ1v) is 11.7. The molecule has 1 atom stereocenters. The van der Waals surface area contributed by atoms with E-state index in [9.17, 15) is 23.3 Å². The maximum Gasteiger partial charge on any atom is 0.271 e. The van der Waals surface area contributed by atoms with E-state index in [4.69, 9.17) is 4.74 Å². The van der Waals surface area contributed by atoms with Crippen molar-refractivity contribution < 1.29 is 22.9 Å². The van der Waals surface area contributed by atoms with Gasteiger partial charge in [0.05, 0.1) is 12.0 Å². The number of ether oxygens (including phenoxy) is 1. The van der Waals surface area contributed by atoms with Crippen molar-refractivity contribution in [3.05, 3.63) is 52.6 Å². The third kappa shape index (κ3) is 5.35. The number of piperidine rings is 1. The van der Waals surface area contributed by atoms with E-state index in [1.165, 1.54) is 35.7 Å². The van der Waals surface area contributed by atoms with E-state index in [2.05, 4.69) is 10.6 Å². The number of benzene rings is 2. The van der Waals surface area contributed by atoms with Gasteiger partial charge in [0, 0.05) is 36.6 Å². The molecule has 0 aliphatic carbocycles. The number of amides is 1. The molecule has 1 fully saturated rings. The molecule has 2 aromatic rings. The van der Waals surface area contributed by atoms with Crippen LogP contribution in [0.1, 0.15) is 26.2 Å². The Labute approximate surface area is 186 Å². The lowest BCUT2D eigenvalue weighted by Gasteiger charge is -2.27. The average molecular weight is 463 g/mol. The number of nitrogens with zero attached hydrogens (tertiary/aromatic N) is 2. The summed E-state index contributed by atoms with van der Waals surface area (Å²) in [6.45, 7) is 2.53. The quantitative estimate of drug-likeness (QED) is 0.455. The zero-order valence-electron chi connectivity index (χ0n) is 17.9. The highest BCUT2D eigenvalue weighted by Gasteiger charge is 2.29. The summed E-state index contributed by atoms with van der Waals surface area (Å²) in [6.07, 6.45) is 2.63. The van der Waals surface area contributed by atoms with Gasteiger partial charge >= 0.3 is 0 Å². The number of nitro groups is 1. The van der Waals surface area contributed by atoms with Crippen LogP contribution in [0.4, 0.5) is 17.1 Å². The van der Waals surface area contributed by atoms with E-state index in [1.807, 2.05) is 0 Å². The number of hydrogen-bond donors (Lipinski definition) is 2. The van der Waals surface area contributed by atoms with E-state index < -0.39 is 26.9 Å². The lowest BCUT2D eigenvalue weighted by Crippen LogP contribution is -2.36.